The second-order valence-corrected chi connectivity index (χ2v) is 7.28. The van der Waals surface area contributed by atoms with Crippen molar-refractivity contribution < 1.29 is 34.5 Å². The number of aliphatic carboxylic acids is 3. The first-order valence-corrected chi connectivity index (χ1v) is 10.8. The van der Waals surface area contributed by atoms with E-state index in [-0.39, 0.29) is 18.2 Å². The van der Waals surface area contributed by atoms with Crippen LogP contribution in [0.25, 0.3) is 0 Å². The second kappa shape index (κ2) is 23.2. The Bertz CT molecular complexity index is 618. The predicted octanol–water partition coefficient (Wildman–Crippen LogP) is -1.66. The maximum atomic E-state index is 10.5. The number of nitrogens with two attached hydrogens (primary N) is 3. The zero-order chi connectivity index (χ0) is 27.1. The third-order valence-electron chi connectivity index (χ3n) is 4.29. The van der Waals surface area contributed by atoms with Gasteiger partial charge in [0.25, 0.3) is 0 Å². The number of unbranched alkanes of at least 4 members (excludes halogenated alkanes) is 1. The molecule has 200 valence electrons. The summed E-state index contributed by atoms with van der Waals surface area (Å²) in [6.07, 6.45) is 3.76. The molecule has 1 amide bonds. The lowest BCUT2D eigenvalue weighted by Gasteiger charge is -2.07. The van der Waals surface area contributed by atoms with E-state index in [1.165, 1.54) is 7.05 Å². The SMILES string of the molecule is CN=C(N)NCCCC(N)C(=O)O.CNC(=O)CC(N)C(=O)O.CNCCCCC(C)C(=O)O. The summed E-state index contributed by atoms with van der Waals surface area (Å²) in [4.78, 5) is 44.8. The van der Waals surface area contributed by atoms with Crippen LogP contribution in [0.2, 0.25) is 0 Å². The number of aliphatic imine (C=N–C) groups is 1. The third-order valence-corrected chi connectivity index (χ3v) is 4.29. The number of guanidine groups is 1. The van der Waals surface area contributed by atoms with Crippen molar-refractivity contribution in [2.75, 3.05) is 34.2 Å². The summed E-state index contributed by atoms with van der Waals surface area (Å²) in [5.41, 5.74) is 15.7. The molecule has 3 atom stereocenters. The number of hydrogen-bond donors (Lipinski definition) is 9. The van der Waals surface area contributed by atoms with Crippen molar-refractivity contribution in [1.29, 1.82) is 0 Å². The largest absolute Gasteiger partial charge is 0.481 e. The van der Waals surface area contributed by atoms with E-state index in [1.54, 1.807) is 14.0 Å². The van der Waals surface area contributed by atoms with Crippen molar-refractivity contribution in [3.63, 3.8) is 0 Å². The van der Waals surface area contributed by atoms with Crippen LogP contribution in [-0.2, 0) is 19.2 Å². The lowest BCUT2D eigenvalue weighted by molar-refractivity contribution is -0.141. The molecule has 0 aliphatic heterocycles. The summed E-state index contributed by atoms with van der Waals surface area (Å²) in [5.74, 6) is -3.03. The number of carboxylic acid groups (broad SMARTS) is 3. The first-order valence-electron chi connectivity index (χ1n) is 10.8. The van der Waals surface area contributed by atoms with Gasteiger partial charge >= 0.3 is 17.9 Å². The molecule has 0 aliphatic rings. The maximum Gasteiger partial charge on any atom is 0.321 e. The summed E-state index contributed by atoms with van der Waals surface area (Å²) in [6, 6.07) is -1.89. The van der Waals surface area contributed by atoms with E-state index in [0.29, 0.717) is 25.3 Å². The van der Waals surface area contributed by atoms with E-state index in [2.05, 4.69) is 20.9 Å². The van der Waals surface area contributed by atoms with E-state index >= 15 is 0 Å². The van der Waals surface area contributed by atoms with E-state index in [0.717, 1.165) is 25.8 Å². The van der Waals surface area contributed by atoms with Crippen LogP contribution in [0.1, 0.15) is 45.4 Å². The van der Waals surface area contributed by atoms with Crippen LogP contribution in [0.15, 0.2) is 4.99 Å². The van der Waals surface area contributed by atoms with Crippen molar-refractivity contribution in [2.45, 2.75) is 57.5 Å². The number of carbonyl (C=O) groups excluding carboxylic acids is 1. The Balaban J connectivity index is -0.000000428. The number of nitrogens with zero attached hydrogens (tertiary/aromatic N) is 1. The second-order valence-electron chi connectivity index (χ2n) is 7.28. The molecule has 14 nitrogen and oxygen atoms in total. The molecular weight excluding hydrogens is 450 g/mol. The molecule has 0 rings (SSSR count). The van der Waals surface area contributed by atoms with Crippen molar-refractivity contribution in [3.8, 4) is 0 Å². The highest BCUT2D eigenvalue weighted by molar-refractivity contribution is 5.83. The van der Waals surface area contributed by atoms with E-state index in [4.69, 9.17) is 32.5 Å². The van der Waals surface area contributed by atoms with Crippen molar-refractivity contribution in [1.82, 2.24) is 16.0 Å². The van der Waals surface area contributed by atoms with Gasteiger partial charge in [-0.25, -0.2) is 0 Å². The molecule has 0 spiro atoms. The Kier molecular flexibility index (Phi) is 24.3. The lowest BCUT2D eigenvalue weighted by atomic mass is 10.0. The molecule has 0 aliphatic carbocycles. The molecule has 0 aromatic carbocycles. The number of rotatable bonds is 14. The average molecular weight is 494 g/mol. The van der Waals surface area contributed by atoms with Gasteiger partial charge in [-0.1, -0.05) is 13.3 Å². The average Bonchev–Trinajstić information content (AvgIpc) is 2.79. The highest BCUT2D eigenvalue weighted by Gasteiger charge is 2.14. The molecule has 0 aromatic rings. The standard InChI is InChI=1S/C8H17NO2.C7H16N4O2.C5H10N2O3/c1-7(8(10)11)5-3-4-6-9-2;1-10-7(9)11-4-2-3-5(8)6(12)13;1-7-4(8)2-3(6)5(9)10/h7,9H,3-6H2,1-2H3,(H,10,11);5H,2-4,8H2,1H3,(H,12,13)(H3,9,10,11);3H,2,6H2,1H3,(H,7,8)(H,9,10). The molecular formula is C20H43N7O7. The fraction of sp³-hybridized carbons (Fsp3) is 0.750. The van der Waals surface area contributed by atoms with Crippen LogP contribution < -0.4 is 33.2 Å². The molecule has 0 saturated heterocycles. The van der Waals surface area contributed by atoms with Gasteiger partial charge in [-0.15, -0.1) is 0 Å². The number of carboxylic acids is 3. The van der Waals surface area contributed by atoms with Crippen molar-refractivity contribution in [3.05, 3.63) is 0 Å². The zero-order valence-electron chi connectivity index (χ0n) is 20.5. The van der Waals surface area contributed by atoms with Crippen LogP contribution in [0.3, 0.4) is 0 Å². The molecule has 14 heteroatoms. The summed E-state index contributed by atoms with van der Waals surface area (Å²) in [5, 5.41) is 33.3. The first-order chi connectivity index (χ1) is 15.8. The molecule has 0 bridgehead atoms. The summed E-state index contributed by atoms with van der Waals surface area (Å²) in [7, 11) is 4.91. The fourth-order valence-electron chi connectivity index (χ4n) is 2.01. The van der Waals surface area contributed by atoms with Crippen LogP contribution in [0, 0.1) is 5.92 Å². The number of amides is 1. The number of carbonyl (C=O) groups is 4. The van der Waals surface area contributed by atoms with Gasteiger partial charge in [-0.2, -0.15) is 0 Å². The van der Waals surface area contributed by atoms with Gasteiger partial charge in [-0.05, 0) is 39.3 Å². The summed E-state index contributed by atoms with van der Waals surface area (Å²) in [6.45, 7) is 3.32. The van der Waals surface area contributed by atoms with Gasteiger partial charge < -0.3 is 48.5 Å². The van der Waals surface area contributed by atoms with Gasteiger partial charge in [0.05, 0.1) is 12.3 Å². The van der Waals surface area contributed by atoms with Gasteiger partial charge in [0.2, 0.25) is 5.91 Å². The summed E-state index contributed by atoms with van der Waals surface area (Å²) >= 11 is 0. The molecule has 0 fully saturated rings. The Labute approximate surface area is 200 Å². The van der Waals surface area contributed by atoms with Crippen molar-refractivity contribution >= 4 is 29.8 Å². The highest BCUT2D eigenvalue weighted by atomic mass is 16.4. The maximum absolute atomic E-state index is 10.5. The third kappa shape index (κ3) is 25.3. The first kappa shape index (κ1) is 35.6. The van der Waals surface area contributed by atoms with Gasteiger partial charge in [0.1, 0.15) is 12.1 Å². The topological polar surface area (TPSA) is 255 Å². The molecule has 34 heavy (non-hydrogen) atoms. The van der Waals surface area contributed by atoms with Crippen LogP contribution in [-0.4, -0.2) is 91.4 Å². The van der Waals surface area contributed by atoms with Crippen LogP contribution in [0.4, 0.5) is 0 Å². The van der Waals surface area contributed by atoms with E-state index in [1.807, 2.05) is 7.05 Å². The highest BCUT2D eigenvalue weighted by Crippen LogP contribution is 2.06. The Morgan fingerprint density at radius 2 is 1.41 bits per heavy atom. The minimum absolute atomic E-state index is 0.175. The zero-order valence-corrected chi connectivity index (χ0v) is 20.5. The smallest absolute Gasteiger partial charge is 0.321 e. The van der Waals surface area contributed by atoms with Gasteiger partial charge in [0, 0.05) is 20.6 Å². The normalized spacial score (nSPS) is 13.1. The fourth-order valence-corrected chi connectivity index (χ4v) is 2.01. The van der Waals surface area contributed by atoms with Gasteiger partial charge in [0.15, 0.2) is 5.96 Å². The lowest BCUT2D eigenvalue weighted by Crippen LogP contribution is -2.35. The van der Waals surface area contributed by atoms with Crippen LogP contribution >= 0.6 is 0 Å². The Hall–Kier alpha value is -2.97. The Morgan fingerprint density at radius 1 is 0.853 bits per heavy atom. The van der Waals surface area contributed by atoms with Gasteiger partial charge in [-0.3, -0.25) is 24.2 Å². The minimum atomic E-state index is -1.16. The molecule has 0 saturated carbocycles. The Morgan fingerprint density at radius 3 is 1.82 bits per heavy atom. The molecule has 3 unspecified atom stereocenters. The molecule has 0 radical (unpaired) electrons. The van der Waals surface area contributed by atoms with Crippen LogP contribution in [0.5, 0.6) is 0 Å². The monoisotopic (exact) mass is 493 g/mol. The quantitative estimate of drug-likeness (QED) is 0.0748. The molecule has 0 heterocycles. The predicted molar refractivity (Wildman–Crippen MR) is 129 cm³/mol. The minimum Gasteiger partial charge on any atom is -0.481 e. The molecule has 12 N–H and O–H groups in total. The van der Waals surface area contributed by atoms with E-state index in [9.17, 15) is 19.2 Å². The molecule has 0 aromatic heterocycles. The van der Waals surface area contributed by atoms with Crippen molar-refractivity contribution in [2.24, 2.45) is 28.1 Å². The number of nitrogens with one attached hydrogen (secondary N) is 3. The number of hydrogen-bond acceptors (Lipinski definition) is 8. The summed E-state index contributed by atoms with van der Waals surface area (Å²) < 4.78 is 0. The van der Waals surface area contributed by atoms with E-state index < -0.39 is 30.0 Å².